The molecule has 1 aliphatic rings. The quantitative estimate of drug-likeness (QED) is 0.706. The van der Waals surface area contributed by atoms with E-state index in [0.717, 1.165) is 25.7 Å². The van der Waals surface area contributed by atoms with E-state index >= 15 is 0 Å². The fourth-order valence-electron chi connectivity index (χ4n) is 2.44. The molecule has 1 amide bonds. The number of hydrogen-bond donors (Lipinski definition) is 2. The molecule has 0 radical (unpaired) electrons. The van der Waals surface area contributed by atoms with Crippen LogP contribution >= 0.6 is 0 Å². The first-order chi connectivity index (χ1) is 12.6. The van der Waals surface area contributed by atoms with Crippen molar-refractivity contribution in [1.82, 2.24) is 5.32 Å². The van der Waals surface area contributed by atoms with Gasteiger partial charge in [-0.3, -0.25) is 0 Å². The molecule has 1 aliphatic heterocycles. The Morgan fingerprint density at radius 3 is 2.33 bits per heavy atom. The van der Waals surface area contributed by atoms with Gasteiger partial charge in [-0.2, -0.15) is 0 Å². The second kappa shape index (κ2) is 10.7. The Hall–Kier alpha value is -2.31. The fourth-order valence-corrected chi connectivity index (χ4v) is 2.44. The Bertz CT molecular complexity index is 576. The molecular formula is C20H30FNO5. The Labute approximate surface area is 160 Å². The standard InChI is InChI=1S/C14H25NO4.C6H5FO/c1-10-8-6-5-7-9-11(12(16)18-10)15-13(17)19-14(2,3)4;7-5-1-3-6(8)4-2-5/h10-11H,5-9H2,1-4H3,(H,15,17);1-4,8H/t10?,11-;/m0./s1. The van der Waals surface area contributed by atoms with Crippen molar-refractivity contribution in [2.75, 3.05) is 0 Å². The second-order valence-electron chi connectivity index (χ2n) is 7.56. The van der Waals surface area contributed by atoms with Gasteiger partial charge < -0.3 is 19.9 Å². The summed E-state index contributed by atoms with van der Waals surface area (Å²) in [6, 6.07) is 4.41. The maximum atomic E-state index is 12.0. The molecule has 2 rings (SSSR count). The predicted molar refractivity (Wildman–Crippen MR) is 99.9 cm³/mol. The molecule has 0 aromatic heterocycles. The van der Waals surface area contributed by atoms with Crippen LogP contribution < -0.4 is 5.32 Å². The smallest absolute Gasteiger partial charge is 0.408 e. The van der Waals surface area contributed by atoms with Crippen LogP contribution in [-0.2, 0) is 14.3 Å². The minimum atomic E-state index is -0.601. The number of alkyl carbamates (subject to hydrolysis) is 1. The van der Waals surface area contributed by atoms with E-state index in [4.69, 9.17) is 14.6 Å². The summed E-state index contributed by atoms with van der Waals surface area (Å²) in [6.07, 6.45) is 3.83. The molecule has 27 heavy (non-hydrogen) atoms. The molecule has 2 N–H and O–H groups in total. The Morgan fingerprint density at radius 2 is 1.78 bits per heavy atom. The van der Waals surface area contributed by atoms with Crippen LogP contribution in [0.25, 0.3) is 0 Å². The van der Waals surface area contributed by atoms with Crippen molar-refractivity contribution >= 4 is 12.1 Å². The first-order valence-electron chi connectivity index (χ1n) is 9.21. The van der Waals surface area contributed by atoms with Crippen molar-refractivity contribution < 1.29 is 28.6 Å². The van der Waals surface area contributed by atoms with Crippen molar-refractivity contribution in [1.29, 1.82) is 0 Å². The molecule has 152 valence electrons. The molecule has 1 aromatic carbocycles. The highest BCUT2D eigenvalue weighted by molar-refractivity contribution is 5.81. The zero-order valence-electron chi connectivity index (χ0n) is 16.5. The second-order valence-corrected chi connectivity index (χ2v) is 7.56. The van der Waals surface area contributed by atoms with Gasteiger partial charge in [-0.25, -0.2) is 14.0 Å². The number of amides is 1. The van der Waals surface area contributed by atoms with Crippen molar-refractivity contribution in [2.45, 2.75) is 77.5 Å². The lowest BCUT2D eigenvalue weighted by Gasteiger charge is -2.23. The molecule has 1 unspecified atom stereocenters. The number of phenols is 1. The minimum Gasteiger partial charge on any atom is -0.508 e. The Morgan fingerprint density at radius 1 is 1.19 bits per heavy atom. The van der Waals surface area contributed by atoms with Crippen LogP contribution in [-0.4, -0.2) is 34.9 Å². The molecular weight excluding hydrogens is 353 g/mol. The van der Waals surface area contributed by atoms with Gasteiger partial charge in [0.25, 0.3) is 0 Å². The zero-order valence-corrected chi connectivity index (χ0v) is 16.5. The highest BCUT2D eigenvalue weighted by atomic mass is 19.1. The normalized spacial score (nSPS) is 20.7. The van der Waals surface area contributed by atoms with Gasteiger partial charge in [-0.15, -0.1) is 0 Å². The SMILES string of the molecule is CC1CCCCC[C@H](NC(=O)OC(C)(C)C)C(=O)O1.Oc1ccc(F)cc1. The molecule has 2 atom stereocenters. The van der Waals surface area contributed by atoms with Crippen LogP contribution in [0.2, 0.25) is 0 Å². The number of carbonyl (C=O) groups is 2. The lowest BCUT2D eigenvalue weighted by molar-refractivity contribution is -0.151. The summed E-state index contributed by atoms with van der Waals surface area (Å²) in [4.78, 5) is 23.6. The first kappa shape index (κ1) is 22.7. The molecule has 1 heterocycles. The number of nitrogens with one attached hydrogen (secondary N) is 1. The summed E-state index contributed by atoms with van der Waals surface area (Å²) in [5.74, 6) is -0.602. The van der Waals surface area contributed by atoms with E-state index in [1.165, 1.54) is 24.3 Å². The molecule has 0 spiro atoms. The van der Waals surface area contributed by atoms with Gasteiger partial charge in [0.2, 0.25) is 0 Å². The van der Waals surface area contributed by atoms with E-state index in [9.17, 15) is 14.0 Å². The number of esters is 1. The third-order valence-electron chi connectivity index (χ3n) is 3.72. The predicted octanol–water partition coefficient (Wildman–Crippen LogP) is 4.31. The monoisotopic (exact) mass is 383 g/mol. The lowest BCUT2D eigenvalue weighted by atomic mass is 10.1. The number of carbonyl (C=O) groups excluding carboxylic acids is 2. The highest BCUT2D eigenvalue weighted by Gasteiger charge is 2.27. The number of phenolic OH excluding ortho intramolecular Hbond substituents is 1. The van der Waals surface area contributed by atoms with Gasteiger partial charge in [-0.1, -0.05) is 12.8 Å². The first-order valence-corrected chi connectivity index (χ1v) is 9.21. The number of benzene rings is 1. The van der Waals surface area contributed by atoms with E-state index in [-0.39, 0.29) is 23.6 Å². The molecule has 0 bridgehead atoms. The minimum absolute atomic E-state index is 0.0893. The third-order valence-corrected chi connectivity index (χ3v) is 3.72. The van der Waals surface area contributed by atoms with Gasteiger partial charge in [0.1, 0.15) is 23.2 Å². The van der Waals surface area contributed by atoms with Crippen LogP contribution in [0.4, 0.5) is 9.18 Å². The van der Waals surface area contributed by atoms with Crippen molar-refractivity contribution in [3.8, 4) is 5.75 Å². The summed E-state index contributed by atoms with van der Waals surface area (Å²) in [5.41, 5.74) is -0.570. The number of hydrogen-bond acceptors (Lipinski definition) is 5. The zero-order chi connectivity index (χ0) is 20.4. The van der Waals surface area contributed by atoms with Crippen LogP contribution in [0.5, 0.6) is 5.75 Å². The summed E-state index contributed by atoms with van der Waals surface area (Å²) in [6.45, 7) is 7.25. The summed E-state index contributed by atoms with van der Waals surface area (Å²) in [7, 11) is 0. The van der Waals surface area contributed by atoms with E-state index in [0.29, 0.717) is 6.42 Å². The van der Waals surface area contributed by atoms with E-state index < -0.39 is 17.7 Å². The number of ether oxygens (including phenoxy) is 2. The lowest BCUT2D eigenvalue weighted by Crippen LogP contribution is -2.44. The average Bonchev–Trinajstić information content (AvgIpc) is 2.61. The maximum absolute atomic E-state index is 12.0. The van der Waals surface area contributed by atoms with Crippen LogP contribution in [0, 0.1) is 5.82 Å². The van der Waals surface area contributed by atoms with Gasteiger partial charge in [0, 0.05) is 0 Å². The van der Waals surface area contributed by atoms with Crippen LogP contribution in [0.1, 0.15) is 59.8 Å². The van der Waals surface area contributed by atoms with Crippen LogP contribution in [0.15, 0.2) is 24.3 Å². The van der Waals surface area contributed by atoms with Gasteiger partial charge in [-0.05, 0) is 71.2 Å². The maximum Gasteiger partial charge on any atom is 0.408 e. The molecule has 0 saturated carbocycles. The van der Waals surface area contributed by atoms with E-state index in [1.54, 1.807) is 20.8 Å². The number of cyclic esters (lactones) is 1. The molecule has 1 aromatic rings. The van der Waals surface area contributed by atoms with Gasteiger partial charge >= 0.3 is 12.1 Å². The summed E-state index contributed by atoms with van der Waals surface area (Å²) in [5, 5.41) is 11.2. The fraction of sp³-hybridized carbons (Fsp3) is 0.600. The molecule has 6 nitrogen and oxygen atoms in total. The molecule has 1 fully saturated rings. The van der Waals surface area contributed by atoms with Gasteiger partial charge in [0.05, 0.1) is 6.10 Å². The topological polar surface area (TPSA) is 84.9 Å². The highest BCUT2D eigenvalue weighted by Crippen LogP contribution is 2.15. The Kier molecular flexibility index (Phi) is 9.05. The number of rotatable bonds is 1. The average molecular weight is 383 g/mol. The van der Waals surface area contributed by atoms with Crippen molar-refractivity contribution in [2.24, 2.45) is 0 Å². The van der Waals surface area contributed by atoms with E-state index in [2.05, 4.69) is 5.32 Å². The van der Waals surface area contributed by atoms with Gasteiger partial charge in [0.15, 0.2) is 0 Å². The van der Waals surface area contributed by atoms with Crippen LogP contribution in [0.3, 0.4) is 0 Å². The Balaban J connectivity index is 0.000000377. The molecule has 1 saturated heterocycles. The largest absolute Gasteiger partial charge is 0.508 e. The summed E-state index contributed by atoms with van der Waals surface area (Å²) < 4.78 is 22.4. The third kappa shape index (κ3) is 10.4. The summed E-state index contributed by atoms with van der Waals surface area (Å²) >= 11 is 0. The van der Waals surface area contributed by atoms with E-state index in [1.807, 2.05) is 6.92 Å². The molecule has 7 heteroatoms. The molecule has 0 aliphatic carbocycles. The number of halogens is 1. The number of aromatic hydroxyl groups is 1. The van der Waals surface area contributed by atoms with Crippen molar-refractivity contribution in [3.63, 3.8) is 0 Å². The van der Waals surface area contributed by atoms with Crippen molar-refractivity contribution in [3.05, 3.63) is 30.1 Å².